The molecule has 2 saturated heterocycles. The number of amides is 1. The maximum Gasteiger partial charge on any atom is 0.250 e. The SMILES string of the molecule is Cc1cc2c(cc1C)C(Cl)=C(C1C3CCCN3C3(C(=O)Nc4ccc(I)cc43)C1C(=O)c1ccccc1)CCC2. The molecule has 3 heterocycles. The number of hydrogen-bond donors (Lipinski definition) is 1. The summed E-state index contributed by atoms with van der Waals surface area (Å²) in [6.45, 7) is 5.08. The Hall–Kier alpha value is -2.48. The number of fused-ring (bicyclic) bond motifs is 5. The van der Waals surface area contributed by atoms with E-state index in [2.05, 4.69) is 64.9 Å². The van der Waals surface area contributed by atoms with Gasteiger partial charge in [0, 0.05) is 37.4 Å². The van der Waals surface area contributed by atoms with E-state index in [-0.39, 0.29) is 23.7 Å². The molecule has 0 saturated carbocycles. The number of hydrogen-bond acceptors (Lipinski definition) is 3. The maximum atomic E-state index is 14.8. The number of halogens is 2. The molecule has 40 heavy (non-hydrogen) atoms. The van der Waals surface area contributed by atoms with Crippen LogP contribution in [-0.2, 0) is 16.8 Å². The molecule has 0 radical (unpaired) electrons. The minimum atomic E-state index is -1.06. The number of anilines is 1. The first-order valence-electron chi connectivity index (χ1n) is 14.3. The molecular weight excluding hydrogens is 631 g/mol. The fourth-order valence-electron chi connectivity index (χ4n) is 8.06. The highest BCUT2D eigenvalue weighted by Gasteiger charge is 2.69. The van der Waals surface area contributed by atoms with Crippen molar-refractivity contribution < 1.29 is 9.59 Å². The molecule has 4 aliphatic rings. The van der Waals surface area contributed by atoms with E-state index in [4.69, 9.17) is 11.6 Å². The van der Waals surface area contributed by atoms with Gasteiger partial charge in [0.2, 0.25) is 5.91 Å². The number of aryl methyl sites for hydroxylation is 3. The summed E-state index contributed by atoms with van der Waals surface area (Å²) in [6.07, 6.45) is 4.72. The van der Waals surface area contributed by atoms with Crippen LogP contribution < -0.4 is 5.32 Å². The number of carbonyl (C=O) groups is 2. The van der Waals surface area contributed by atoms with E-state index in [1.165, 1.54) is 16.7 Å². The van der Waals surface area contributed by atoms with E-state index >= 15 is 0 Å². The molecule has 7 rings (SSSR count). The van der Waals surface area contributed by atoms with Crippen LogP contribution in [0.25, 0.3) is 5.03 Å². The van der Waals surface area contributed by atoms with Crippen molar-refractivity contribution in [1.29, 1.82) is 0 Å². The predicted molar refractivity (Wildman–Crippen MR) is 169 cm³/mol. The van der Waals surface area contributed by atoms with Gasteiger partial charge in [0.05, 0.1) is 5.92 Å². The number of benzene rings is 3. The lowest BCUT2D eigenvalue weighted by Gasteiger charge is -2.37. The molecule has 0 aromatic heterocycles. The van der Waals surface area contributed by atoms with Crippen molar-refractivity contribution in [2.24, 2.45) is 11.8 Å². The lowest BCUT2D eigenvalue weighted by atomic mass is 9.68. The second kappa shape index (κ2) is 9.81. The van der Waals surface area contributed by atoms with E-state index in [0.717, 1.165) is 69.6 Å². The molecule has 1 amide bonds. The summed E-state index contributed by atoms with van der Waals surface area (Å²) >= 11 is 9.75. The van der Waals surface area contributed by atoms with Crippen molar-refractivity contribution in [2.75, 3.05) is 11.9 Å². The second-order valence-corrected chi connectivity index (χ2v) is 13.5. The topological polar surface area (TPSA) is 49.4 Å². The van der Waals surface area contributed by atoms with E-state index in [9.17, 15) is 9.59 Å². The largest absolute Gasteiger partial charge is 0.324 e. The predicted octanol–water partition coefficient (Wildman–Crippen LogP) is 7.64. The standard InChI is InChI=1S/C34H32ClIN2O2/c1-19-16-22-10-6-11-24(31(35)25(22)17-20(19)2)29-28-12-7-15-38(28)34(30(29)32(39)21-8-4-3-5-9-21)26-18-23(36)13-14-27(26)37-33(34)40/h3-5,8-9,13-14,16-18,28-30H,6-7,10-12,15H2,1-2H3,(H,37,40). The van der Waals surface area contributed by atoms with Crippen LogP contribution in [-0.4, -0.2) is 29.2 Å². The number of rotatable bonds is 3. The fraction of sp³-hybridized carbons (Fsp3) is 0.353. The molecule has 1 spiro atoms. The van der Waals surface area contributed by atoms with Gasteiger partial charge in [-0.05, 0) is 121 Å². The summed E-state index contributed by atoms with van der Waals surface area (Å²) in [5.74, 6) is -0.768. The van der Waals surface area contributed by atoms with Crippen LogP contribution in [0.1, 0.15) is 63.9 Å². The molecule has 4 nitrogen and oxygen atoms in total. The molecule has 204 valence electrons. The van der Waals surface area contributed by atoms with Crippen LogP contribution in [0.15, 0.2) is 66.2 Å². The highest BCUT2D eigenvalue weighted by molar-refractivity contribution is 14.1. The van der Waals surface area contributed by atoms with Gasteiger partial charge in [-0.1, -0.05) is 54.1 Å². The van der Waals surface area contributed by atoms with Crippen molar-refractivity contribution >= 4 is 56.6 Å². The molecule has 1 aliphatic carbocycles. The Balaban J connectivity index is 1.50. The third-order valence-corrected chi connectivity index (χ3v) is 11.0. The van der Waals surface area contributed by atoms with E-state index in [0.29, 0.717) is 5.56 Å². The van der Waals surface area contributed by atoms with Crippen LogP contribution in [0.4, 0.5) is 5.69 Å². The number of Topliss-reactive ketones (excluding diaryl/α,β-unsaturated/α-hetero) is 1. The van der Waals surface area contributed by atoms with Gasteiger partial charge in [-0.3, -0.25) is 14.5 Å². The van der Waals surface area contributed by atoms with E-state index < -0.39 is 11.5 Å². The highest BCUT2D eigenvalue weighted by atomic mass is 127. The summed E-state index contributed by atoms with van der Waals surface area (Å²) in [6, 6.07) is 20.2. The second-order valence-electron chi connectivity index (χ2n) is 11.8. The third kappa shape index (κ3) is 3.73. The first-order chi connectivity index (χ1) is 19.3. The Morgan fingerprint density at radius 1 is 1.02 bits per heavy atom. The zero-order chi connectivity index (χ0) is 27.8. The van der Waals surface area contributed by atoms with E-state index in [1.54, 1.807) is 0 Å². The first kappa shape index (κ1) is 26.4. The van der Waals surface area contributed by atoms with Crippen molar-refractivity contribution in [3.63, 3.8) is 0 Å². The minimum Gasteiger partial charge on any atom is -0.324 e. The number of carbonyl (C=O) groups excluding carboxylic acids is 2. The minimum absolute atomic E-state index is 0.0309. The molecule has 4 unspecified atom stereocenters. The molecule has 3 aliphatic heterocycles. The van der Waals surface area contributed by atoms with Crippen molar-refractivity contribution in [3.8, 4) is 0 Å². The van der Waals surface area contributed by atoms with Gasteiger partial charge in [0.1, 0.15) is 5.54 Å². The van der Waals surface area contributed by atoms with Gasteiger partial charge < -0.3 is 5.32 Å². The quantitative estimate of drug-likeness (QED) is 0.232. The maximum absolute atomic E-state index is 14.8. The molecule has 1 N–H and O–H groups in total. The summed E-state index contributed by atoms with van der Waals surface area (Å²) < 4.78 is 1.06. The van der Waals surface area contributed by atoms with Crippen LogP contribution in [0.2, 0.25) is 0 Å². The summed E-state index contributed by atoms with van der Waals surface area (Å²) in [4.78, 5) is 31.5. The smallest absolute Gasteiger partial charge is 0.250 e. The monoisotopic (exact) mass is 662 g/mol. The van der Waals surface area contributed by atoms with Gasteiger partial charge in [-0.25, -0.2) is 0 Å². The van der Waals surface area contributed by atoms with Crippen LogP contribution in [0.3, 0.4) is 0 Å². The Labute approximate surface area is 254 Å². The number of nitrogens with zero attached hydrogens (tertiary/aromatic N) is 1. The Morgan fingerprint density at radius 3 is 2.60 bits per heavy atom. The van der Waals surface area contributed by atoms with Crippen molar-refractivity contribution in [1.82, 2.24) is 4.90 Å². The molecule has 0 bridgehead atoms. The number of ketones is 1. The molecule has 3 aromatic carbocycles. The molecule has 4 atom stereocenters. The Kier molecular flexibility index (Phi) is 6.48. The number of nitrogens with one attached hydrogen (secondary N) is 1. The van der Waals surface area contributed by atoms with Gasteiger partial charge in [0.15, 0.2) is 5.78 Å². The highest BCUT2D eigenvalue weighted by Crippen LogP contribution is 2.61. The molecule has 3 aromatic rings. The normalized spacial score (nSPS) is 27.4. The van der Waals surface area contributed by atoms with Gasteiger partial charge in [0.25, 0.3) is 0 Å². The van der Waals surface area contributed by atoms with Gasteiger partial charge in [-0.2, -0.15) is 0 Å². The van der Waals surface area contributed by atoms with Gasteiger partial charge >= 0.3 is 0 Å². The lowest BCUT2D eigenvalue weighted by molar-refractivity contribution is -0.127. The first-order valence-corrected chi connectivity index (χ1v) is 15.7. The van der Waals surface area contributed by atoms with Crippen LogP contribution >= 0.6 is 34.2 Å². The summed E-state index contributed by atoms with van der Waals surface area (Å²) in [5, 5.41) is 3.99. The van der Waals surface area contributed by atoms with E-state index in [1.807, 2.05) is 42.5 Å². The molecule has 6 heteroatoms. The van der Waals surface area contributed by atoms with Crippen molar-refractivity contribution in [3.05, 3.63) is 103 Å². The third-order valence-electron chi connectivity index (χ3n) is 9.84. The average Bonchev–Trinajstić information content (AvgIpc) is 3.58. The summed E-state index contributed by atoms with van der Waals surface area (Å²) in [7, 11) is 0. The average molecular weight is 663 g/mol. The van der Waals surface area contributed by atoms with Crippen LogP contribution in [0.5, 0.6) is 0 Å². The molecular formula is C34H32ClIN2O2. The Morgan fingerprint density at radius 2 is 1.80 bits per heavy atom. The van der Waals surface area contributed by atoms with Crippen LogP contribution in [0, 0.1) is 29.3 Å². The zero-order valence-corrected chi connectivity index (χ0v) is 25.7. The molecule has 2 fully saturated rings. The zero-order valence-electron chi connectivity index (χ0n) is 22.8. The van der Waals surface area contributed by atoms with Gasteiger partial charge in [-0.15, -0.1) is 0 Å². The Bertz CT molecular complexity index is 1600. The fourth-order valence-corrected chi connectivity index (χ4v) is 8.95. The summed E-state index contributed by atoms with van der Waals surface area (Å²) in [5.41, 5.74) is 7.38. The lowest BCUT2D eigenvalue weighted by Crippen LogP contribution is -2.53. The van der Waals surface area contributed by atoms with Crippen molar-refractivity contribution in [2.45, 2.75) is 57.5 Å².